The van der Waals surface area contributed by atoms with E-state index in [1.165, 1.54) is 22.7 Å². The highest BCUT2D eigenvalue weighted by molar-refractivity contribution is 7.98. The Morgan fingerprint density at radius 3 is 2.90 bits per heavy atom. The topological polar surface area (TPSA) is 168 Å². The standard InChI is InChI=1S/C16H14ClN11O2S/c1-27-8-20-23-16(27)31-7-11-12(21-26-28(11)14-13(18)24-30-25-14)15(29)22-19-6-9-4-2-3-5-10(9)17/h2-6,8H,7H2,1H3,(H2,18,24)(H,22,29)/b19-6+. The summed E-state index contributed by atoms with van der Waals surface area (Å²) in [5, 5.41) is 28.1. The number of anilines is 1. The van der Waals surface area contributed by atoms with Crippen molar-refractivity contribution in [2.24, 2.45) is 12.1 Å². The molecule has 13 nitrogen and oxygen atoms in total. The molecule has 158 valence electrons. The fraction of sp³-hybridized carbons (Fsp3) is 0.125. The van der Waals surface area contributed by atoms with Gasteiger partial charge in [-0.3, -0.25) is 4.79 Å². The van der Waals surface area contributed by atoms with Gasteiger partial charge in [-0.15, -0.1) is 15.3 Å². The largest absolute Gasteiger partial charge is 0.378 e. The fourth-order valence-electron chi connectivity index (χ4n) is 2.44. The molecule has 4 rings (SSSR count). The van der Waals surface area contributed by atoms with Crippen LogP contribution in [0.5, 0.6) is 0 Å². The van der Waals surface area contributed by atoms with E-state index in [4.69, 9.17) is 17.3 Å². The summed E-state index contributed by atoms with van der Waals surface area (Å²) in [6, 6.07) is 7.08. The lowest BCUT2D eigenvalue weighted by molar-refractivity contribution is 0.0949. The predicted octanol–water partition coefficient (Wildman–Crippen LogP) is 1.07. The molecule has 3 heterocycles. The lowest BCUT2D eigenvalue weighted by Gasteiger charge is -2.05. The molecule has 1 amide bonds. The number of thioether (sulfide) groups is 1. The zero-order chi connectivity index (χ0) is 21.8. The number of carbonyl (C=O) groups excluding carboxylic acids is 1. The number of hydrogen-bond donors (Lipinski definition) is 2. The fourth-order valence-corrected chi connectivity index (χ4v) is 3.51. The van der Waals surface area contributed by atoms with Gasteiger partial charge in [0, 0.05) is 23.4 Å². The first-order valence-electron chi connectivity index (χ1n) is 8.62. The van der Waals surface area contributed by atoms with Crippen LogP contribution in [0.15, 0.2) is 45.5 Å². The molecule has 31 heavy (non-hydrogen) atoms. The second kappa shape index (κ2) is 8.93. The molecular formula is C16H14ClN11O2S. The van der Waals surface area contributed by atoms with Crippen molar-refractivity contribution in [3.05, 3.63) is 52.6 Å². The van der Waals surface area contributed by atoms with E-state index in [-0.39, 0.29) is 23.1 Å². The molecule has 0 unspecified atom stereocenters. The van der Waals surface area contributed by atoms with Crippen LogP contribution in [0.4, 0.5) is 5.82 Å². The van der Waals surface area contributed by atoms with E-state index in [1.807, 2.05) is 0 Å². The van der Waals surface area contributed by atoms with Crippen molar-refractivity contribution in [1.29, 1.82) is 0 Å². The van der Waals surface area contributed by atoms with E-state index >= 15 is 0 Å². The van der Waals surface area contributed by atoms with Crippen molar-refractivity contribution >= 4 is 41.3 Å². The summed E-state index contributed by atoms with van der Waals surface area (Å²) in [5.74, 6) is -0.223. The monoisotopic (exact) mass is 459 g/mol. The van der Waals surface area contributed by atoms with Crippen molar-refractivity contribution in [3.63, 3.8) is 0 Å². The molecule has 1 aromatic carbocycles. The molecule has 0 bridgehead atoms. The normalized spacial score (nSPS) is 11.3. The van der Waals surface area contributed by atoms with Crippen molar-refractivity contribution < 1.29 is 9.42 Å². The average Bonchev–Trinajstić information content (AvgIpc) is 3.47. The number of aryl methyl sites for hydroxylation is 1. The Hall–Kier alpha value is -3.78. The molecular weight excluding hydrogens is 446 g/mol. The number of hydrogen-bond acceptors (Lipinski definition) is 11. The number of nitrogens with one attached hydrogen (secondary N) is 1. The van der Waals surface area contributed by atoms with Crippen LogP contribution in [-0.2, 0) is 12.8 Å². The molecule has 0 radical (unpaired) electrons. The number of aromatic nitrogens is 8. The second-order valence-electron chi connectivity index (χ2n) is 6.00. The smallest absolute Gasteiger partial charge is 0.293 e. The zero-order valence-corrected chi connectivity index (χ0v) is 17.4. The summed E-state index contributed by atoms with van der Waals surface area (Å²) in [7, 11) is 1.80. The highest BCUT2D eigenvalue weighted by Gasteiger charge is 2.24. The van der Waals surface area contributed by atoms with Gasteiger partial charge in [0.15, 0.2) is 10.9 Å². The average molecular weight is 460 g/mol. The van der Waals surface area contributed by atoms with Crippen LogP contribution in [0.3, 0.4) is 0 Å². The van der Waals surface area contributed by atoms with Gasteiger partial charge in [0.25, 0.3) is 5.91 Å². The molecule has 0 aliphatic rings. The molecule has 4 aromatic rings. The number of nitrogens with two attached hydrogens (primary N) is 1. The van der Waals surface area contributed by atoms with Crippen molar-refractivity contribution in [2.75, 3.05) is 5.73 Å². The van der Waals surface area contributed by atoms with Crippen LogP contribution in [0.1, 0.15) is 21.7 Å². The molecule has 0 aliphatic carbocycles. The minimum Gasteiger partial charge on any atom is -0.378 e. The van der Waals surface area contributed by atoms with E-state index in [1.54, 1.807) is 42.2 Å². The van der Waals surface area contributed by atoms with Gasteiger partial charge in [-0.25, -0.2) is 10.1 Å². The highest BCUT2D eigenvalue weighted by atomic mass is 35.5. The van der Waals surface area contributed by atoms with Gasteiger partial charge in [-0.05, 0) is 16.4 Å². The lowest BCUT2D eigenvalue weighted by atomic mass is 10.2. The third-order valence-corrected chi connectivity index (χ3v) is 5.35. The number of hydrazone groups is 1. The number of nitrogens with zero attached hydrogens (tertiary/aromatic N) is 9. The summed E-state index contributed by atoms with van der Waals surface area (Å²) >= 11 is 7.40. The van der Waals surface area contributed by atoms with Crippen LogP contribution in [0, 0.1) is 0 Å². The van der Waals surface area contributed by atoms with Gasteiger partial charge in [0.2, 0.25) is 11.6 Å². The Bertz CT molecular complexity index is 1250. The number of halogens is 1. The molecule has 0 spiro atoms. The van der Waals surface area contributed by atoms with Crippen LogP contribution in [0.25, 0.3) is 5.82 Å². The Balaban J connectivity index is 1.59. The first-order valence-corrected chi connectivity index (χ1v) is 9.98. The van der Waals surface area contributed by atoms with Gasteiger partial charge in [0.05, 0.1) is 11.9 Å². The second-order valence-corrected chi connectivity index (χ2v) is 7.35. The van der Waals surface area contributed by atoms with Crippen LogP contribution in [0.2, 0.25) is 5.02 Å². The molecule has 0 saturated carbocycles. The lowest BCUT2D eigenvalue weighted by Crippen LogP contribution is -2.20. The Morgan fingerprint density at radius 1 is 1.35 bits per heavy atom. The molecule has 0 saturated heterocycles. The van der Waals surface area contributed by atoms with E-state index in [2.05, 4.69) is 46.0 Å². The maximum atomic E-state index is 12.7. The summed E-state index contributed by atoms with van der Waals surface area (Å²) in [6.07, 6.45) is 2.99. The molecule has 15 heteroatoms. The summed E-state index contributed by atoms with van der Waals surface area (Å²) < 4.78 is 7.65. The molecule has 3 N–H and O–H groups in total. The third-order valence-electron chi connectivity index (χ3n) is 3.96. The van der Waals surface area contributed by atoms with Crippen LogP contribution < -0.4 is 11.2 Å². The third kappa shape index (κ3) is 4.39. The van der Waals surface area contributed by atoms with Gasteiger partial charge in [-0.2, -0.15) is 9.78 Å². The van der Waals surface area contributed by atoms with Crippen molar-refractivity contribution in [1.82, 2.24) is 45.5 Å². The zero-order valence-electron chi connectivity index (χ0n) is 15.9. The molecule has 0 atom stereocenters. The highest BCUT2D eigenvalue weighted by Crippen LogP contribution is 2.24. The van der Waals surface area contributed by atoms with Crippen LogP contribution >= 0.6 is 23.4 Å². The number of benzene rings is 1. The van der Waals surface area contributed by atoms with Crippen LogP contribution in [-0.4, -0.2) is 52.2 Å². The summed E-state index contributed by atoms with van der Waals surface area (Å²) in [4.78, 5) is 12.7. The molecule has 0 fully saturated rings. The first kappa shape index (κ1) is 20.5. The summed E-state index contributed by atoms with van der Waals surface area (Å²) in [5.41, 5.74) is 9.25. The van der Waals surface area contributed by atoms with Gasteiger partial charge < -0.3 is 10.3 Å². The maximum absolute atomic E-state index is 12.7. The van der Waals surface area contributed by atoms with E-state index in [0.717, 1.165) is 0 Å². The number of carbonyl (C=O) groups is 1. The Labute approximate surface area is 183 Å². The van der Waals surface area contributed by atoms with Gasteiger partial charge in [-0.1, -0.05) is 46.8 Å². The Kier molecular flexibility index (Phi) is 5.90. The SMILES string of the molecule is Cn1cnnc1SCc1c(C(=O)N/N=C/c2ccccc2Cl)nnn1-c1nonc1N. The van der Waals surface area contributed by atoms with E-state index < -0.39 is 5.91 Å². The van der Waals surface area contributed by atoms with Crippen molar-refractivity contribution in [2.45, 2.75) is 10.9 Å². The minimum atomic E-state index is -0.585. The molecule has 0 aliphatic heterocycles. The van der Waals surface area contributed by atoms with Crippen molar-refractivity contribution in [3.8, 4) is 5.82 Å². The number of amides is 1. The van der Waals surface area contributed by atoms with Gasteiger partial charge in [0.1, 0.15) is 6.33 Å². The number of rotatable bonds is 7. The summed E-state index contributed by atoms with van der Waals surface area (Å²) in [6.45, 7) is 0. The van der Waals surface area contributed by atoms with E-state index in [9.17, 15) is 4.79 Å². The predicted molar refractivity (Wildman–Crippen MR) is 111 cm³/mol. The number of nitrogen functional groups attached to an aromatic ring is 1. The van der Waals surface area contributed by atoms with E-state index in [0.29, 0.717) is 21.4 Å². The molecule has 3 aromatic heterocycles. The first-order chi connectivity index (χ1) is 15.0. The Morgan fingerprint density at radius 2 is 2.19 bits per heavy atom. The minimum absolute atomic E-state index is 0.00138. The maximum Gasteiger partial charge on any atom is 0.293 e. The van der Waals surface area contributed by atoms with Gasteiger partial charge >= 0.3 is 0 Å². The quantitative estimate of drug-likeness (QED) is 0.231.